The number of nitrogens with zero attached hydrogens (tertiary/aromatic N) is 2. The van der Waals surface area contributed by atoms with Gasteiger partial charge in [-0.3, -0.25) is 4.79 Å². The summed E-state index contributed by atoms with van der Waals surface area (Å²) in [5, 5.41) is 12.6. The van der Waals surface area contributed by atoms with Crippen LogP contribution in [0.4, 0.5) is 0 Å². The van der Waals surface area contributed by atoms with E-state index in [1.807, 2.05) is 0 Å². The molecule has 0 bridgehead atoms. The second-order valence-electron chi connectivity index (χ2n) is 4.35. The molecular formula is C10H17N5O. The van der Waals surface area contributed by atoms with Gasteiger partial charge in [0.1, 0.15) is 0 Å². The summed E-state index contributed by atoms with van der Waals surface area (Å²) < 4.78 is 0. The third-order valence-corrected chi connectivity index (χ3v) is 3.09. The van der Waals surface area contributed by atoms with E-state index in [4.69, 9.17) is 5.73 Å². The van der Waals surface area contributed by atoms with Crippen LogP contribution in [0, 0.1) is 5.92 Å². The lowest BCUT2D eigenvalue weighted by Gasteiger charge is -2.25. The molecule has 0 unspecified atom stereocenters. The summed E-state index contributed by atoms with van der Waals surface area (Å²) in [6, 6.07) is 0.350. The van der Waals surface area contributed by atoms with Gasteiger partial charge in [-0.1, -0.05) is 0 Å². The molecule has 1 saturated carbocycles. The molecule has 6 heteroatoms. The summed E-state index contributed by atoms with van der Waals surface area (Å²) in [5.41, 5.74) is 6.16. The number of H-pyrrole nitrogens is 1. The van der Waals surface area contributed by atoms with Gasteiger partial charge in [0.25, 0.3) is 5.91 Å². The smallest absolute Gasteiger partial charge is 0.273 e. The first-order valence-corrected chi connectivity index (χ1v) is 5.65. The minimum absolute atomic E-state index is 0.163. The van der Waals surface area contributed by atoms with Crippen molar-refractivity contribution in [3.63, 3.8) is 0 Å². The van der Waals surface area contributed by atoms with Crippen LogP contribution in [0.2, 0.25) is 0 Å². The largest absolute Gasteiger partial charge is 0.350 e. The average Bonchev–Trinajstić information content (AvgIpc) is 2.81. The lowest BCUT2D eigenvalue weighted by Crippen LogP contribution is -2.34. The topological polar surface area (TPSA) is 96.7 Å². The Morgan fingerprint density at radius 2 is 2.25 bits per heavy atom. The number of hydrogen-bond donors (Lipinski definition) is 3. The summed E-state index contributed by atoms with van der Waals surface area (Å²) in [6.45, 7) is 0.707. The lowest BCUT2D eigenvalue weighted by atomic mass is 9.86. The Hall–Kier alpha value is -1.43. The van der Waals surface area contributed by atoms with Gasteiger partial charge in [0.2, 0.25) is 0 Å². The molecule has 2 rings (SSSR count). The molecule has 0 saturated heterocycles. The Morgan fingerprint density at radius 3 is 2.88 bits per heavy atom. The van der Waals surface area contributed by atoms with Crippen molar-refractivity contribution in [3.8, 4) is 0 Å². The summed E-state index contributed by atoms with van der Waals surface area (Å²) >= 11 is 0. The van der Waals surface area contributed by atoms with Gasteiger partial charge < -0.3 is 11.1 Å². The Balaban J connectivity index is 1.73. The molecule has 0 aromatic carbocycles. The standard InChI is InChI=1S/C10H17N5O/c11-8-3-1-7(2-4-8)5-12-10(16)9-6-13-15-14-9/h6-8H,1-5,11H2,(H,12,16)(H,13,14,15). The second kappa shape index (κ2) is 5.07. The van der Waals surface area contributed by atoms with Crippen molar-refractivity contribution in [2.24, 2.45) is 11.7 Å². The minimum Gasteiger partial charge on any atom is -0.350 e. The average molecular weight is 223 g/mol. The number of rotatable bonds is 3. The SMILES string of the molecule is NC1CCC(CNC(=O)c2cn[nH]n2)CC1. The molecule has 4 N–H and O–H groups in total. The van der Waals surface area contributed by atoms with Gasteiger partial charge in [0.15, 0.2) is 5.69 Å². The van der Waals surface area contributed by atoms with E-state index in [1.54, 1.807) is 0 Å². The van der Waals surface area contributed by atoms with Crippen LogP contribution in [-0.4, -0.2) is 33.9 Å². The van der Waals surface area contributed by atoms with Crippen molar-refractivity contribution in [2.75, 3.05) is 6.54 Å². The fourth-order valence-electron chi connectivity index (χ4n) is 2.03. The van der Waals surface area contributed by atoms with E-state index in [0.29, 0.717) is 24.2 Å². The lowest BCUT2D eigenvalue weighted by molar-refractivity contribution is 0.0938. The van der Waals surface area contributed by atoms with Gasteiger partial charge in [-0.2, -0.15) is 15.4 Å². The Bertz CT molecular complexity index is 329. The number of aromatic amines is 1. The van der Waals surface area contributed by atoms with Gasteiger partial charge >= 0.3 is 0 Å². The number of aromatic nitrogens is 3. The molecule has 0 aliphatic heterocycles. The van der Waals surface area contributed by atoms with E-state index in [1.165, 1.54) is 6.20 Å². The highest BCUT2D eigenvalue weighted by atomic mass is 16.1. The maximum absolute atomic E-state index is 11.6. The van der Waals surface area contributed by atoms with Crippen molar-refractivity contribution in [2.45, 2.75) is 31.7 Å². The molecule has 1 aliphatic rings. The molecule has 1 amide bonds. The first kappa shape index (κ1) is 11.1. The summed E-state index contributed by atoms with van der Waals surface area (Å²) in [7, 11) is 0. The molecule has 16 heavy (non-hydrogen) atoms. The first-order valence-electron chi connectivity index (χ1n) is 5.65. The highest BCUT2D eigenvalue weighted by Gasteiger charge is 2.19. The summed E-state index contributed by atoms with van der Waals surface area (Å²) in [4.78, 5) is 11.6. The van der Waals surface area contributed by atoms with Gasteiger partial charge in [0, 0.05) is 12.6 Å². The predicted molar refractivity (Wildman–Crippen MR) is 58.6 cm³/mol. The van der Waals surface area contributed by atoms with E-state index < -0.39 is 0 Å². The quantitative estimate of drug-likeness (QED) is 0.674. The molecular weight excluding hydrogens is 206 g/mol. The molecule has 0 radical (unpaired) electrons. The number of amides is 1. The minimum atomic E-state index is -0.163. The van der Waals surface area contributed by atoms with Crippen LogP contribution in [0.1, 0.15) is 36.2 Å². The van der Waals surface area contributed by atoms with Crippen LogP contribution in [0.15, 0.2) is 6.20 Å². The molecule has 1 aliphatic carbocycles. The van der Waals surface area contributed by atoms with Crippen molar-refractivity contribution in [1.82, 2.24) is 20.7 Å². The van der Waals surface area contributed by atoms with Gasteiger partial charge in [-0.05, 0) is 31.6 Å². The number of nitrogens with one attached hydrogen (secondary N) is 2. The molecule has 1 heterocycles. The number of nitrogens with two attached hydrogens (primary N) is 1. The third kappa shape index (κ3) is 2.79. The first-order chi connectivity index (χ1) is 7.75. The zero-order valence-electron chi connectivity index (χ0n) is 9.15. The van der Waals surface area contributed by atoms with Crippen molar-refractivity contribution < 1.29 is 4.79 Å². The van der Waals surface area contributed by atoms with E-state index in [9.17, 15) is 4.79 Å². The third-order valence-electron chi connectivity index (χ3n) is 3.09. The Labute approximate surface area is 94.0 Å². The summed E-state index contributed by atoms with van der Waals surface area (Å²) in [6.07, 6.45) is 5.74. The molecule has 1 aromatic rings. The van der Waals surface area contributed by atoms with Crippen LogP contribution < -0.4 is 11.1 Å². The second-order valence-corrected chi connectivity index (χ2v) is 4.35. The summed E-state index contributed by atoms with van der Waals surface area (Å²) in [5.74, 6) is 0.388. The van der Waals surface area contributed by atoms with Crippen molar-refractivity contribution in [1.29, 1.82) is 0 Å². The zero-order valence-corrected chi connectivity index (χ0v) is 9.15. The predicted octanol–water partition coefficient (Wildman–Crippen LogP) is 0.0520. The van der Waals surface area contributed by atoms with Crippen LogP contribution in [-0.2, 0) is 0 Å². The molecule has 0 atom stereocenters. The van der Waals surface area contributed by atoms with Gasteiger partial charge in [-0.15, -0.1) is 0 Å². The molecule has 6 nitrogen and oxygen atoms in total. The monoisotopic (exact) mass is 223 g/mol. The van der Waals surface area contributed by atoms with Crippen LogP contribution in [0.25, 0.3) is 0 Å². The van der Waals surface area contributed by atoms with Crippen LogP contribution >= 0.6 is 0 Å². The maximum atomic E-state index is 11.6. The zero-order chi connectivity index (χ0) is 11.4. The number of carbonyl (C=O) groups excluding carboxylic acids is 1. The van der Waals surface area contributed by atoms with Crippen LogP contribution in [0.3, 0.4) is 0 Å². The number of carbonyl (C=O) groups is 1. The highest BCUT2D eigenvalue weighted by molar-refractivity contribution is 5.91. The highest BCUT2D eigenvalue weighted by Crippen LogP contribution is 2.22. The Morgan fingerprint density at radius 1 is 1.50 bits per heavy atom. The molecule has 1 aromatic heterocycles. The molecule has 88 valence electrons. The van der Waals surface area contributed by atoms with E-state index >= 15 is 0 Å². The number of hydrogen-bond acceptors (Lipinski definition) is 4. The Kier molecular flexibility index (Phi) is 3.51. The van der Waals surface area contributed by atoms with Crippen molar-refractivity contribution in [3.05, 3.63) is 11.9 Å². The molecule has 1 fully saturated rings. The fraction of sp³-hybridized carbons (Fsp3) is 0.700. The van der Waals surface area contributed by atoms with Gasteiger partial charge in [0.05, 0.1) is 6.20 Å². The van der Waals surface area contributed by atoms with Gasteiger partial charge in [-0.25, -0.2) is 0 Å². The van der Waals surface area contributed by atoms with Crippen LogP contribution in [0.5, 0.6) is 0 Å². The fourth-order valence-corrected chi connectivity index (χ4v) is 2.03. The molecule has 0 spiro atoms. The van der Waals surface area contributed by atoms with E-state index in [-0.39, 0.29) is 5.91 Å². The van der Waals surface area contributed by atoms with E-state index in [0.717, 1.165) is 25.7 Å². The van der Waals surface area contributed by atoms with E-state index in [2.05, 4.69) is 20.7 Å². The van der Waals surface area contributed by atoms with Crippen molar-refractivity contribution >= 4 is 5.91 Å². The maximum Gasteiger partial charge on any atom is 0.273 e. The normalized spacial score (nSPS) is 25.3.